The normalized spacial score (nSPS) is 13.3. The first-order valence-corrected chi connectivity index (χ1v) is 9.57. The second-order valence-electron chi connectivity index (χ2n) is 6.41. The van der Waals surface area contributed by atoms with Gasteiger partial charge in [-0.2, -0.15) is 21.7 Å². The number of nitrogens with one attached hydrogen (secondary N) is 1. The molecule has 0 unspecified atom stereocenters. The predicted octanol–water partition coefficient (Wildman–Crippen LogP) is 3.79. The van der Waals surface area contributed by atoms with Crippen LogP contribution >= 0.6 is 11.3 Å². The standard InChI is InChI=1S/C20H18N4OS/c21-12-14-2-1-3-16(10-14)20(25)22-7-8-24-19(15-4-5-15)11-18(23-24)17-6-9-26-13-17/h1-3,6,9-11,13,15H,4-5,7-8H2,(H,22,25). The fraction of sp³-hybridized carbons (Fsp3) is 0.250. The van der Waals surface area contributed by atoms with Crippen LogP contribution in [0.5, 0.6) is 0 Å². The molecule has 0 radical (unpaired) electrons. The van der Waals surface area contributed by atoms with Crippen molar-refractivity contribution in [1.82, 2.24) is 15.1 Å². The number of hydrogen-bond donors (Lipinski definition) is 1. The summed E-state index contributed by atoms with van der Waals surface area (Å²) in [7, 11) is 0. The number of nitriles is 1. The van der Waals surface area contributed by atoms with Gasteiger partial charge in [0.2, 0.25) is 0 Å². The highest BCUT2D eigenvalue weighted by Gasteiger charge is 2.28. The molecule has 0 bridgehead atoms. The first-order valence-electron chi connectivity index (χ1n) is 8.63. The lowest BCUT2D eigenvalue weighted by Gasteiger charge is -2.08. The van der Waals surface area contributed by atoms with Crippen molar-refractivity contribution >= 4 is 17.2 Å². The van der Waals surface area contributed by atoms with E-state index in [1.165, 1.54) is 18.5 Å². The van der Waals surface area contributed by atoms with E-state index in [-0.39, 0.29) is 5.91 Å². The van der Waals surface area contributed by atoms with Crippen molar-refractivity contribution in [2.45, 2.75) is 25.3 Å². The van der Waals surface area contributed by atoms with Crippen LogP contribution in [0, 0.1) is 11.3 Å². The number of carbonyl (C=O) groups is 1. The van der Waals surface area contributed by atoms with Gasteiger partial charge >= 0.3 is 0 Å². The molecule has 4 rings (SSSR count). The van der Waals surface area contributed by atoms with E-state index < -0.39 is 0 Å². The van der Waals surface area contributed by atoms with E-state index >= 15 is 0 Å². The highest BCUT2D eigenvalue weighted by molar-refractivity contribution is 7.08. The van der Waals surface area contributed by atoms with E-state index in [9.17, 15) is 4.79 Å². The molecule has 1 aliphatic rings. The Hall–Kier alpha value is -2.91. The summed E-state index contributed by atoms with van der Waals surface area (Å²) in [6, 6.07) is 13.0. The molecule has 26 heavy (non-hydrogen) atoms. The molecule has 1 aromatic carbocycles. The van der Waals surface area contributed by atoms with E-state index in [1.807, 2.05) is 4.68 Å². The largest absolute Gasteiger partial charge is 0.350 e. The first kappa shape index (κ1) is 16.6. The van der Waals surface area contributed by atoms with Gasteiger partial charge in [0.25, 0.3) is 5.91 Å². The molecule has 0 aliphatic heterocycles. The van der Waals surface area contributed by atoms with Gasteiger partial charge in [-0.15, -0.1) is 0 Å². The second-order valence-corrected chi connectivity index (χ2v) is 7.19. The Labute approximate surface area is 155 Å². The molecule has 1 fully saturated rings. The average molecular weight is 362 g/mol. The third-order valence-electron chi connectivity index (χ3n) is 4.49. The molecule has 6 heteroatoms. The minimum Gasteiger partial charge on any atom is -0.350 e. The molecule has 0 atom stereocenters. The first-order chi connectivity index (χ1) is 12.7. The van der Waals surface area contributed by atoms with E-state index in [4.69, 9.17) is 10.4 Å². The molecular weight excluding hydrogens is 344 g/mol. The number of carbonyl (C=O) groups excluding carboxylic acids is 1. The summed E-state index contributed by atoms with van der Waals surface area (Å²) in [4.78, 5) is 12.3. The van der Waals surface area contributed by atoms with Crippen LogP contribution in [-0.4, -0.2) is 22.2 Å². The van der Waals surface area contributed by atoms with Crippen LogP contribution in [0.25, 0.3) is 11.3 Å². The maximum atomic E-state index is 12.3. The summed E-state index contributed by atoms with van der Waals surface area (Å²) in [6.07, 6.45) is 2.42. The van der Waals surface area contributed by atoms with Gasteiger partial charge < -0.3 is 5.32 Å². The van der Waals surface area contributed by atoms with Gasteiger partial charge in [0.1, 0.15) is 0 Å². The van der Waals surface area contributed by atoms with Crippen molar-refractivity contribution in [3.8, 4) is 17.3 Å². The molecule has 1 aliphatic carbocycles. The zero-order chi connectivity index (χ0) is 17.9. The van der Waals surface area contributed by atoms with Crippen molar-refractivity contribution in [1.29, 1.82) is 5.26 Å². The van der Waals surface area contributed by atoms with Gasteiger partial charge in [-0.3, -0.25) is 9.48 Å². The van der Waals surface area contributed by atoms with Crippen molar-refractivity contribution in [2.24, 2.45) is 0 Å². The van der Waals surface area contributed by atoms with Gasteiger partial charge in [0.05, 0.1) is 23.9 Å². The van der Waals surface area contributed by atoms with Crippen LogP contribution in [0.15, 0.2) is 47.2 Å². The maximum Gasteiger partial charge on any atom is 0.251 e. The van der Waals surface area contributed by atoms with E-state index in [1.54, 1.807) is 35.6 Å². The highest BCUT2D eigenvalue weighted by Crippen LogP contribution is 2.41. The third kappa shape index (κ3) is 3.53. The minimum atomic E-state index is -0.166. The molecule has 2 heterocycles. The minimum absolute atomic E-state index is 0.166. The lowest BCUT2D eigenvalue weighted by Crippen LogP contribution is -2.28. The van der Waals surface area contributed by atoms with Crippen molar-refractivity contribution in [2.75, 3.05) is 6.54 Å². The van der Waals surface area contributed by atoms with Gasteiger partial charge in [-0.05, 0) is 48.6 Å². The van der Waals surface area contributed by atoms with E-state index in [0.29, 0.717) is 30.1 Å². The molecule has 1 N–H and O–H groups in total. The van der Waals surface area contributed by atoms with Gasteiger partial charge in [0.15, 0.2) is 0 Å². The van der Waals surface area contributed by atoms with Gasteiger partial charge in [0, 0.05) is 34.7 Å². The number of aromatic nitrogens is 2. The van der Waals surface area contributed by atoms with Crippen molar-refractivity contribution < 1.29 is 4.79 Å². The van der Waals surface area contributed by atoms with E-state index in [2.05, 4.69) is 34.3 Å². The summed E-state index contributed by atoms with van der Waals surface area (Å²) in [5.74, 6) is 0.429. The van der Waals surface area contributed by atoms with Crippen LogP contribution in [0.2, 0.25) is 0 Å². The molecule has 1 amide bonds. The highest BCUT2D eigenvalue weighted by atomic mass is 32.1. The fourth-order valence-electron chi connectivity index (χ4n) is 2.98. The van der Waals surface area contributed by atoms with E-state index in [0.717, 1.165) is 11.3 Å². The van der Waals surface area contributed by atoms with Crippen molar-refractivity contribution in [3.63, 3.8) is 0 Å². The zero-order valence-corrected chi connectivity index (χ0v) is 15.0. The Morgan fingerprint density at radius 3 is 2.96 bits per heavy atom. The smallest absolute Gasteiger partial charge is 0.251 e. The molecule has 3 aromatic rings. The Balaban J connectivity index is 1.43. The summed E-state index contributed by atoms with van der Waals surface area (Å²) < 4.78 is 2.02. The Bertz CT molecular complexity index is 964. The van der Waals surface area contributed by atoms with Crippen molar-refractivity contribution in [3.05, 3.63) is 64.0 Å². The van der Waals surface area contributed by atoms with Crippen LogP contribution in [-0.2, 0) is 6.54 Å². The monoisotopic (exact) mass is 362 g/mol. The molecule has 0 saturated heterocycles. The van der Waals surface area contributed by atoms with Crippen LogP contribution in [0.4, 0.5) is 0 Å². The van der Waals surface area contributed by atoms with Crippen LogP contribution in [0.1, 0.15) is 40.4 Å². The third-order valence-corrected chi connectivity index (χ3v) is 5.17. The number of amides is 1. The molecule has 2 aromatic heterocycles. The molecular formula is C20H18N4OS. The lowest BCUT2D eigenvalue weighted by atomic mass is 10.1. The molecule has 1 saturated carbocycles. The van der Waals surface area contributed by atoms with Gasteiger partial charge in [-0.25, -0.2) is 0 Å². The SMILES string of the molecule is N#Cc1cccc(C(=O)NCCn2nc(-c3ccsc3)cc2C2CC2)c1. The number of rotatable bonds is 6. The lowest BCUT2D eigenvalue weighted by molar-refractivity contribution is 0.0952. The number of nitrogens with zero attached hydrogens (tertiary/aromatic N) is 3. The average Bonchev–Trinajstić information content (AvgIpc) is 3.19. The fourth-order valence-corrected chi connectivity index (χ4v) is 3.63. The zero-order valence-electron chi connectivity index (χ0n) is 14.2. The Morgan fingerprint density at radius 1 is 1.35 bits per heavy atom. The second kappa shape index (κ2) is 7.14. The number of thiophene rings is 1. The maximum absolute atomic E-state index is 12.3. The summed E-state index contributed by atoms with van der Waals surface area (Å²) in [5, 5.41) is 20.8. The van der Waals surface area contributed by atoms with Crippen LogP contribution in [0.3, 0.4) is 0 Å². The Kier molecular flexibility index (Phi) is 4.55. The predicted molar refractivity (Wildman–Crippen MR) is 101 cm³/mol. The summed E-state index contributed by atoms with van der Waals surface area (Å²) >= 11 is 1.67. The van der Waals surface area contributed by atoms with Gasteiger partial charge in [-0.1, -0.05) is 6.07 Å². The summed E-state index contributed by atoms with van der Waals surface area (Å²) in [5.41, 5.74) is 4.40. The van der Waals surface area contributed by atoms with Crippen LogP contribution < -0.4 is 5.32 Å². The molecule has 5 nitrogen and oxygen atoms in total. The topological polar surface area (TPSA) is 70.7 Å². The molecule has 130 valence electrons. The Morgan fingerprint density at radius 2 is 2.23 bits per heavy atom. The number of benzene rings is 1. The number of hydrogen-bond acceptors (Lipinski definition) is 4. The summed E-state index contributed by atoms with van der Waals surface area (Å²) in [6.45, 7) is 1.14. The quantitative estimate of drug-likeness (QED) is 0.725. The molecule has 0 spiro atoms.